The molecule has 45 heavy (non-hydrogen) atoms. The number of likely N-dealkylation sites (tertiary alicyclic amines) is 1. The molecule has 1 saturated heterocycles. The number of nitrogens with zero attached hydrogens (tertiary/aromatic N) is 5. The average molecular weight is 677 g/mol. The molecule has 2 saturated carbocycles. The second-order valence-corrected chi connectivity index (χ2v) is 11.9. The van der Waals surface area contributed by atoms with E-state index in [9.17, 15) is 22.4 Å². The van der Waals surface area contributed by atoms with Gasteiger partial charge >= 0.3 is 12.2 Å². The van der Waals surface area contributed by atoms with E-state index in [4.69, 9.17) is 20.7 Å². The number of nitrogens with two attached hydrogens (primary N) is 1. The quantitative estimate of drug-likeness (QED) is 0.213. The molecule has 3 aliphatic rings. The van der Waals surface area contributed by atoms with E-state index in [0.29, 0.717) is 67.5 Å². The molecule has 248 valence electrons. The predicted molar refractivity (Wildman–Crippen MR) is 170 cm³/mol. The maximum absolute atomic E-state index is 14.2. The molecule has 5 N–H and O–H groups in total. The van der Waals surface area contributed by atoms with Crippen molar-refractivity contribution in [3.8, 4) is 0 Å². The zero-order chi connectivity index (χ0) is 30.1. The van der Waals surface area contributed by atoms with E-state index in [1.54, 1.807) is 0 Å². The van der Waals surface area contributed by atoms with Crippen LogP contribution in [0.15, 0.2) is 24.5 Å². The van der Waals surface area contributed by atoms with E-state index in [1.165, 1.54) is 17.7 Å². The van der Waals surface area contributed by atoms with Crippen LogP contribution in [-0.2, 0) is 6.18 Å². The first kappa shape index (κ1) is 34.8. The number of hydrogen-bond acceptors (Lipinski definition) is 7. The smallest absolute Gasteiger partial charge is 0.365 e. The summed E-state index contributed by atoms with van der Waals surface area (Å²) < 4.78 is 55.6. The van der Waals surface area contributed by atoms with Gasteiger partial charge in [0.05, 0.1) is 17.6 Å². The Kier molecular flexibility index (Phi) is 11.2. The summed E-state index contributed by atoms with van der Waals surface area (Å²) in [6.07, 6.45) is 6.71. The largest absolute Gasteiger partial charge is 0.416 e. The lowest BCUT2D eigenvalue weighted by Gasteiger charge is -2.33. The van der Waals surface area contributed by atoms with Gasteiger partial charge < -0.3 is 31.2 Å². The molecule has 3 aromatic rings. The van der Waals surface area contributed by atoms with Crippen molar-refractivity contribution in [2.45, 2.75) is 94.6 Å². The van der Waals surface area contributed by atoms with Gasteiger partial charge in [-0.15, -0.1) is 24.8 Å². The Labute approximate surface area is 271 Å². The lowest BCUT2D eigenvalue weighted by Crippen LogP contribution is -2.44. The third-order valence-corrected chi connectivity index (χ3v) is 8.90. The van der Waals surface area contributed by atoms with E-state index in [1.807, 2.05) is 6.33 Å². The van der Waals surface area contributed by atoms with Crippen molar-refractivity contribution in [2.24, 2.45) is 5.73 Å². The van der Waals surface area contributed by atoms with Gasteiger partial charge in [0, 0.05) is 37.3 Å². The van der Waals surface area contributed by atoms with Crippen LogP contribution in [0.5, 0.6) is 0 Å². The number of imidazole rings is 1. The molecule has 10 nitrogen and oxygen atoms in total. The van der Waals surface area contributed by atoms with Gasteiger partial charge in [0.25, 0.3) is 0 Å². The maximum Gasteiger partial charge on any atom is 0.416 e. The van der Waals surface area contributed by atoms with Crippen LogP contribution in [0.1, 0.15) is 75.8 Å². The van der Waals surface area contributed by atoms with Crippen LogP contribution in [0.4, 0.5) is 39.8 Å². The van der Waals surface area contributed by atoms with E-state index >= 15 is 0 Å². The fraction of sp³-hybridized carbons (Fsp3) is 0.586. The molecule has 2 aliphatic carbocycles. The van der Waals surface area contributed by atoms with Crippen molar-refractivity contribution < 1.29 is 22.4 Å². The van der Waals surface area contributed by atoms with Gasteiger partial charge in [-0.3, -0.25) is 0 Å². The first-order valence-corrected chi connectivity index (χ1v) is 15.1. The number of hydrogen-bond donors (Lipinski definition) is 4. The van der Waals surface area contributed by atoms with Crippen LogP contribution in [0.3, 0.4) is 0 Å². The number of rotatable bonds is 6. The van der Waals surface area contributed by atoms with Gasteiger partial charge in [-0.2, -0.15) is 23.1 Å². The molecular formula is C29H39Cl2F4N9O. The minimum Gasteiger partial charge on any atom is -0.365 e. The van der Waals surface area contributed by atoms with Crippen molar-refractivity contribution in [2.75, 3.05) is 29.0 Å². The Hall–Kier alpha value is -3.10. The van der Waals surface area contributed by atoms with Gasteiger partial charge in [0.2, 0.25) is 5.95 Å². The number of amides is 2. The average Bonchev–Trinajstić information content (AvgIpc) is 3.66. The number of halogens is 6. The zero-order valence-electron chi connectivity index (χ0n) is 24.7. The summed E-state index contributed by atoms with van der Waals surface area (Å²) in [5.74, 6) is 0.254. The van der Waals surface area contributed by atoms with Crippen molar-refractivity contribution in [3.05, 3.63) is 35.9 Å². The van der Waals surface area contributed by atoms with E-state index in [2.05, 4.69) is 20.5 Å². The van der Waals surface area contributed by atoms with Crippen LogP contribution in [0, 0.1) is 5.82 Å². The first-order chi connectivity index (χ1) is 20.6. The molecule has 0 bridgehead atoms. The Morgan fingerprint density at radius 3 is 2.24 bits per heavy atom. The summed E-state index contributed by atoms with van der Waals surface area (Å²) in [4.78, 5) is 28.7. The summed E-state index contributed by atoms with van der Waals surface area (Å²) in [6.45, 7) is 0.671. The number of benzene rings is 1. The van der Waals surface area contributed by atoms with Crippen LogP contribution < -0.4 is 21.7 Å². The molecule has 2 aromatic heterocycles. The zero-order valence-corrected chi connectivity index (χ0v) is 26.3. The molecule has 0 unspecified atom stereocenters. The molecule has 1 aromatic carbocycles. The van der Waals surface area contributed by atoms with Crippen LogP contribution in [0.25, 0.3) is 11.2 Å². The number of aromatic nitrogens is 4. The van der Waals surface area contributed by atoms with Gasteiger partial charge in [-0.1, -0.05) is 12.8 Å². The Bertz CT molecular complexity index is 1450. The topological polar surface area (TPSA) is 126 Å². The SMILES string of the molecule is Cl.Cl.NC1CCC(Nc2nc(NC3CCN(C(=O)Nc4cc(C(F)(F)F)ccc4F)CC3)c3ncn(C4CCCC4)c3n2)CC1. The summed E-state index contributed by atoms with van der Waals surface area (Å²) in [6, 6.07) is 2.14. The summed E-state index contributed by atoms with van der Waals surface area (Å²) in [7, 11) is 0. The highest BCUT2D eigenvalue weighted by Gasteiger charge is 2.32. The number of carbonyl (C=O) groups is 1. The first-order valence-electron chi connectivity index (χ1n) is 15.1. The monoisotopic (exact) mass is 675 g/mol. The van der Waals surface area contributed by atoms with Crippen LogP contribution in [-0.4, -0.2) is 61.7 Å². The third kappa shape index (κ3) is 8.01. The molecule has 0 atom stereocenters. The molecule has 0 radical (unpaired) electrons. The Morgan fingerprint density at radius 1 is 0.911 bits per heavy atom. The van der Waals surface area contributed by atoms with Gasteiger partial charge in [-0.25, -0.2) is 14.2 Å². The fourth-order valence-electron chi connectivity index (χ4n) is 6.39. The van der Waals surface area contributed by atoms with Crippen LogP contribution >= 0.6 is 24.8 Å². The van der Waals surface area contributed by atoms with Crippen molar-refractivity contribution in [3.63, 3.8) is 0 Å². The number of carbonyl (C=O) groups excluding carboxylic acids is 1. The number of piperidine rings is 1. The maximum atomic E-state index is 14.2. The highest BCUT2D eigenvalue weighted by molar-refractivity contribution is 5.90. The Morgan fingerprint density at radius 2 is 1.58 bits per heavy atom. The molecule has 2 amide bonds. The normalized spacial score (nSPS) is 21.2. The highest BCUT2D eigenvalue weighted by atomic mass is 35.5. The van der Waals surface area contributed by atoms with Crippen LogP contribution in [0.2, 0.25) is 0 Å². The lowest BCUT2D eigenvalue weighted by atomic mass is 9.92. The van der Waals surface area contributed by atoms with E-state index in [0.717, 1.165) is 44.2 Å². The molecule has 0 spiro atoms. The molecule has 3 heterocycles. The standard InChI is InChI=1S/C29H37F4N9O.2ClH/c30-22-10-5-17(29(31,32)33)15-23(22)38-28(43)41-13-11-20(12-14-41)36-25-24-26(42(16-35-24)21-3-1-2-4-21)40-27(39-25)37-19-8-6-18(34)7-9-19;;/h5,10,15-16,18-21H,1-4,6-9,11-14,34H2,(H,38,43)(H2,36,37,39,40);2*1H. The fourth-order valence-corrected chi connectivity index (χ4v) is 6.39. The second kappa shape index (κ2) is 14.5. The second-order valence-electron chi connectivity index (χ2n) is 11.9. The number of anilines is 3. The van der Waals surface area contributed by atoms with Gasteiger partial charge in [0.15, 0.2) is 17.0 Å². The minimum atomic E-state index is -4.64. The number of urea groups is 1. The predicted octanol–water partition coefficient (Wildman–Crippen LogP) is 6.73. The molecule has 3 fully saturated rings. The van der Waals surface area contributed by atoms with Gasteiger partial charge in [0.1, 0.15) is 5.82 Å². The highest BCUT2D eigenvalue weighted by Crippen LogP contribution is 2.34. The third-order valence-electron chi connectivity index (χ3n) is 8.90. The summed E-state index contributed by atoms with van der Waals surface area (Å²) >= 11 is 0. The summed E-state index contributed by atoms with van der Waals surface area (Å²) in [5, 5.41) is 9.35. The summed E-state index contributed by atoms with van der Waals surface area (Å²) in [5.41, 5.74) is 6.06. The number of nitrogens with one attached hydrogen (secondary N) is 3. The number of fused-ring (bicyclic) bond motifs is 1. The minimum absolute atomic E-state index is 0. The van der Waals surface area contributed by atoms with Crippen molar-refractivity contribution >= 4 is 59.5 Å². The molecule has 6 rings (SSSR count). The van der Waals surface area contributed by atoms with Gasteiger partial charge in [-0.05, 0) is 69.6 Å². The number of alkyl halides is 3. The molecule has 1 aliphatic heterocycles. The molecular weight excluding hydrogens is 637 g/mol. The van der Waals surface area contributed by atoms with Crippen molar-refractivity contribution in [1.82, 2.24) is 24.4 Å². The molecule has 16 heteroatoms. The van der Waals surface area contributed by atoms with E-state index < -0.39 is 29.3 Å². The lowest BCUT2D eigenvalue weighted by molar-refractivity contribution is -0.137. The van der Waals surface area contributed by atoms with Crippen molar-refractivity contribution in [1.29, 1.82) is 0 Å². The van der Waals surface area contributed by atoms with E-state index in [-0.39, 0.29) is 42.9 Å². The Balaban J connectivity index is 0.00000230.